The van der Waals surface area contributed by atoms with Crippen LogP contribution in [-0.4, -0.2) is 15.0 Å². The summed E-state index contributed by atoms with van der Waals surface area (Å²) in [4.78, 5) is 17.0. The van der Waals surface area contributed by atoms with Crippen LogP contribution in [0.4, 0.5) is 0 Å². The first kappa shape index (κ1) is 47.8. The van der Waals surface area contributed by atoms with Crippen molar-refractivity contribution in [3.63, 3.8) is 0 Å². The number of benzene rings is 9. The lowest BCUT2D eigenvalue weighted by atomic mass is 9.74. The summed E-state index contributed by atoms with van der Waals surface area (Å²) in [5.74, 6) is 2.65. The number of hydrogen-bond acceptors (Lipinski definition) is 4. The molecule has 2 atom stereocenters. The van der Waals surface area contributed by atoms with E-state index in [1.807, 2.05) is 23.5 Å². The molecule has 2 aromatic heterocycles. The van der Waals surface area contributed by atoms with Gasteiger partial charge in [-0.25, -0.2) is 15.0 Å². The largest absolute Gasteiger partial charge is 0.212 e. The summed E-state index contributed by atoms with van der Waals surface area (Å²) in [7, 11) is 0. The second kappa shape index (κ2) is 18.9. The first-order valence-corrected chi connectivity index (χ1v) is 28.3. The number of rotatable bonds is 8. The fraction of sp³-hybridized carbons (Fsp3) is 0.149. The maximum Gasteiger partial charge on any atom is 0.163 e. The molecule has 0 N–H and O–H groups in total. The van der Waals surface area contributed by atoms with Gasteiger partial charge in [0, 0.05) is 32.0 Å². The summed E-state index contributed by atoms with van der Waals surface area (Å²) in [6.07, 6.45) is 6.52. The Labute approximate surface area is 462 Å². The number of nitrogens with zero attached hydrogens (tertiary/aromatic N) is 3. The Hall–Kier alpha value is -8.57. The zero-order chi connectivity index (χ0) is 52.8. The van der Waals surface area contributed by atoms with Gasteiger partial charge in [0.05, 0.1) is 0 Å². The molecule has 0 amide bonds. The molecule has 9 aromatic carbocycles. The van der Waals surface area contributed by atoms with Crippen molar-refractivity contribution in [2.24, 2.45) is 5.92 Å². The van der Waals surface area contributed by atoms with E-state index in [4.69, 9.17) is 15.0 Å². The lowest BCUT2D eigenvalue weighted by Gasteiger charge is -2.30. The van der Waals surface area contributed by atoms with E-state index in [9.17, 15) is 0 Å². The molecule has 0 spiro atoms. The highest BCUT2D eigenvalue weighted by Gasteiger charge is 2.39. The van der Waals surface area contributed by atoms with Gasteiger partial charge in [-0.2, -0.15) is 0 Å². The Kier molecular flexibility index (Phi) is 11.6. The third kappa shape index (κ3) is 8.38. The monoisotopic (exact) mass is 1020 g/mol. The highest BCUT2D eigenvalue weighted by molar-refractivity contribution is 7.22. The SMILES string of the molecule is CC1=C(c2cc(-c3cccc(-c4ccc5cc(-c6ccc7c(c6)C(C)(C)c6cc8c(cc6-7)-c6ccccc6CC8c6nc(-c7ccccc7)nc(-c7ccccc7)n6)sc5c4)c3)cc(-c3cc(C)ccc3C)c2)CC(C)C=C1. The quantitative estimate of drug-likeness (QED) is 0.152. The predicted molar refractivity (Wildman–Crippen MR) is 328 cm³/mol. The van der Waals surface area contributed by atoms with E-state index in [-0.39, 0.29) is 11.3 Å². The van der Waals surface area contributed by atoms with Crippen molar-refractivity contribution in [2.45, 2.75) is 65.7 Å². The lowest BCUT2D eigenvalue weighted by Crippen LogP contribution is -2.19. The average molecular weight is 1020 g/mol. The molecule has 14 rings (SSSR count). The molecule has 0 fully saturated rings. The minimum absolute atomic E-state index is 0.0585. The standard InChI is InChI=1S/C74H59N3S/c1-44-24-26-46(3)61(32-44)57-35-56(36-58(37-57)62-33-45(2)25-27-47(62)4)51-22-15-21-50(34-51)52-28-29-55-41-70(78-69(55)40-52)54-30-31-60-65-42-63-59-23-14-13-20-53(59)38-66(64(63)43-68(65)74(5,6)67(60)39-54)73-76-71(48-16-9-7-10-17-48)75-72(77-73)49-18-11-8-12-19-49/h7-32,34-37,39-43,45,66H,33,38H2,1-6H3. The van der Waals surface area contributed by atoms with Crippen molar-refractivity contribution in [3.8, 4) is 88.9 Å². The normalized spacial score (nSPS) is 16.0. The zero-order valence-corrected chi connectivity index (χ0v) is 45.8. The molecule has 4 heteroatoms. The summed E-state index contributed by atoms with van der Waals surface area (Å²) in [5.41, 5.74) is 27.6. The van der Waals surface area contributed by atoms with Gasteiger partial charge in [0.2, 0.25) is 0 Å². The number of aryl methyl sites for hydroxylation is 2. The smallest absolute Gasteiger partial charge is 0.163 e. The molecule has 3 aliphatic carbocycles. The van der Waals surface area contributed by atoms with E-state index in [1.165, 1.54) is 126 Å². The van der Waals surface area contributed by atoms with Crippen LogP contribution in [0.3, 0.4) is 0 Å². The molecule has 2 heterocycles. The number of fused-ring (bicyclic) bond motifs is 7. The summed E-state index contributed by atoms with van der Waals surface area (Å²) < 4.78 is 1.29. The molecule has 3 nitrogen and oxygen atoms in total. The highest BCUT2D eigenvalue weighted by Crippen LogP contribution is 2.55. The number of thiophene rings is 1. The van der Waals surface area contributed by atoms with Crippen LogP contribution < -0.4 is 0 Å². The molecular weight excluding hydrogens is 963 g/mol. The molecule has 78 heavy (non-hydrogen) atoms. The molecule has 0 saturated heterocycles. The van der Waals surface area contributed by atoms with E-state index >= 15 is 0 Å². The van der Waals surface area contributed by atoms with Crippen LogP contribution >= 0.6 is 11.3 Å². The van der Waals surface area contributed by atoms with Crippen LogP contribution in [0.1, 0.15) is 84.8 Å². The molecule has 2 unspecified atom stereocenters. The molecule has 0 aliphatic heterocycles. The van der Waals surface area contributed by atoms with Crippen molar-refractivity contribution >= 4 is 27.0 Å². The lowest BCUT2D eigenvalue weighted by molar-refractivity contribution is 0.655. The molecular formula is C74H59N3S. The fourth-order valence-electron chi connectivity index (χ4n) is 12.7. The van der Waals surface area contributed by atoms with E-state index in [0.717, 1.165) is 29.8 Å². The third-order valence-corrected chi connectivity index (χ3v) is 18.1. The fourth-order valence-corrected chi connectivity index (χ4v) is 13.8. The van der Waals surface area contributed by atoms with Gasteiger partial charge in [-0.15, -0.1) is 11.3 Å². The van der Waals surface area contributed by atoms with Crippen LogP contribution in [-0.2, 0) is 11.8 Å². The number of hydrogen-bond donors (Lipinski definition) is 0. The van der Waals surface area contributed by atoms with E-state index < -0.39 is 0 Å². The third-order valence-electron chi connectivity index (χ3n) is 17.0. The van der Waals surface area contributed by atoms with Crippen LogP contribution in [0, 0.1) is 19.8 Å². The summed E-state index contributed by atoms with van der Waals surface area (Å²) in [5, 5.41) is 1.27. The van der Waals surface area contributed by atoms with E-state index in [1.54, 1.807) is 0 Å². The second-order valence-electron chi connectivity index (χ2n) is 22.6. The maximum absolute atomic E-state index is 5.31. The Bertz CT molecular complexity index is 4230. The molecule has 0 radical (unpaired) electrons. The van der Waals surface area contributed by atoms with Gasteiger partial charge < -0.3 is 0 Å². The maximum atomic E-state index is 5.31. The Morgan fingerprint density at radius 2 is 1.12 bits per heavy atom. The van der Waals surface area contributed by atoms with Crippen LogP contribution in [0.5, 0.6) is 0 Å². The van der Waals surface area contributed by atoms with Gasteiger partial charge in [0.15, 0.2) is 11.6 Å². The van der Waals surface area contributed by atoms with Crippen LogP contribution in [0.2, 0.25) is 0 Å². The molecule has 0 saturated carbocycles. The van der Waals surface area contributed by atoms with Gasteiger partial charge in [-0.1, -0.05) is 190 Å². The molecule has 3 aliphatic rings. The van der Waals surface area contributed by atoms with Crippen molar-refractivity contribution in [3.05, 3.63) is 263 Å². The van der Waals surface area contributed by atoms with Crippen molar-refractivity contribution in [1.82, 2.24) is 15.0 Å². The van der Waals surface area contributed by atoms with Crippen molar-refractivity contribution in [1.29, 1.82) is 0 Å². The van der Waals surface area contributed by atoms with Gasteiger partial charge in [0.25, 0.3) is 0 Å². The van der Waals surface area contributed by atoms with Crippen molar-refractivity contribution in [2.75, 3.05) is 0 Å². The minimum Gasteiger partial charge on any atom is -0.212 e. The first-order valence-electron chi connectivity index (χ1n) is 27.5. The Balaban J connectivity index is 0.811. The molecule has 0 bridgehead atoms. The zero-order valence-electron chi connectivity index (χ0n) is 45.0. The molecule has 376 valence electrons. The van der Waals surface area contributed by atoms with Crippen LogP contribution in [0.25, 0.3) is 105 Å². The second-order valence-corrected chi connectivity index (χ2v) is 23.7. The van der Waals surface area contributed by atoms with Gasteiger partial charge in [0.1, 0.15) is 5.82 Å². The van der Waals surface area contributed by atoms with Gasteiger partial charge in [-0.3, -0.25) is 0 Å². The number of aromatic nitrogens is 3. The summed E-state index contributed by atoms with van der Waals surface area (Å²) >= 11 is 1.89. The topological polar surface area (TPSA) is 38.7 Å². The van der Waals surface area contributed by atoms with Gasteiger partial charge in [-0.05, 0) is 199 Å². The predicted octanol–water partition coefficient (Wildman–Crippen LogP) is 19.7. The molecule has 11 aromatic rings. The summed E-state index contributed by atoms with van der Waals surface area (Å²) in [6, 6.07) is 74.4. The van der Waals surface area contributed by atoms with Crippen molar-refractivity contribution < 1.29 is 0 Å². The Morgan fingerprint density at radius 3 is 1.90 bits per heavy atom. The number of allylic oxidation sites excluding steroid dienone is 4. The van der Waals surface area contributed by atoms with Gasteiger partial charge >= 0.3 is 0 Å². The highest BCUT2D eigenvalue weighted by atomic mass is 32.1. The Morgan fingerprint density at radius 1 is 0.462 bits per heavy atom. The summed E-state index contributed by atoms with van der Waals surface area (Å²) in [6.45, 7) is 13.8. The average Bonchev–Trinajstić information content (AvgIpc) is 4.23. The van der Waals surface area contributed by atoms with E-state index in [2.05, 4.69) is 242 Å². The first-order chi connectivity index (χ1) is 38.0. The van der Waals surface area contributed by atoms with E-state index in [0.29, 0.717) is 17.6 Å². The van der Waals surface area contributed by atoms with Crippen LogP contribution in [0.15, 0.2) is 218 Å². The minimum atomic E-state index is -0.240.